The molecule has 0 saturated heterocycles. The average molecular weight is 220 g/mol. The molecule has 0 spiro atoms. The summed E-state index contributed by atoms with van der Waals surface area (Å²) in [6, 6.07) is 0. The lowest BCUT2D eigenvalue weighted by Crippen LogP contribution is -2.22. The molecule has 0 heterocycles. The molecular formula is C8H12O5S. The smallest absolute Gasteiger partial charge is 0.311 e. The lowest BCUT2D eigenvalue weighted by atomic mass is 10.1. The summed E-state index contributed by atoms with van der Waals surface area (Å²) in [5, 5.41) is 16.3. The van der Waals surface area contributed by atoms with E-state index >= 15 is 0 Å². The van der Waals surface area contributed by atoms with Crippen LogP contribution in [0.25, 0.3) is 0 Å². The van der Waals surface area contributed by atoms with Crippen LogP contribution in [0.1, 0.15) is 26.7 Å². The molecule has 80 valence electrons. The third-order valence-corrected chi connectivity index (χ3v) is 2.33. The number of thioether (sulfide) groups is 1. The molecule has 0 unspecified atom stereocenters. The Balaban J connectivity index is 4.14. The second kappa shape index (κ2) is 4.99. The van der Waals surface area contributed by atoms with Crippen molar-refractivity contribution in [2.75, 3.05) is 0 Å². The molecule has 0 atom stereocenters. The molecule has 6 heteroatoms. The van der Waals surface area contributed by atoms with E-state index in [2.05, 4.69) is 0 Å². The molecule has 0 aromatic carbocycles. The number of carboxylic acid groups (broad SMARTS) is 2. The summed E-state index contributed by atoms with van der Waals surface area (Å²) >= 11 is 0.758. The highest BCUT2D eigenvalue weighted by Crippen LogP contribution is 2.29. The van der Waals surface area contributed by atoms with Gasteiger partial charge in [0.15, 0.2) is 0 Å². The van der Waals surface area contributed by atoms with Crippen LogP contribution < -0.4 is 0 Å². The molecule has 0 amide bonds. The van der Waals surface area contributed by atoms with Gasteiger partial charge in [-0.05, 0) is 13.8 Å². The molecular weight excluding hydrogens is 208 g/mol. The Kier molecular flexibility index (Phi) is 4.62. The van der Waals surface area contributed by atoms with Crippen LogP contribution in [0, 0.1) is 0 Å². The van der Waals surface area contributed by atoms with Crippen LogP contribution in [0.4, 0.5) is 0 Å². The minimum atomic E-state index is -1.20. The lowest BCUT2D eigenvalue weighted by molar-refractivity contribution is -0.139. The summed E-state index contributed by atoms with van der Waals surface area (Å²) in [6.45, 7) is 3.18. The molecule has 5 nitrogen and oxygen atoms in total. The van der Waals surface area contributed by atoms with Gasteiger partial charge in [-0.2, -0.15) is 0 Å². The van der Waals surface area contributed by atoms with Crippen molar-refractivity contribution >= 4 is 28.8 Å². The first kappa shape index (κ1) is 13.0. The van der Waals surface area contributed by atoms with Crippen LogP contribution in [-0.2, 0) is 14.4 Å². The summed E-state index contributed by atoms with van der Waals surface area (Å²) in [7, 11) is 0. The Bertz CT molecular complexity index is 258. The molecule has 0 aliphatic rings. The summed E-state index contributed by atoms with van der Waals surface area (Å²) < 4.78 is -0.766. The van der Waals surface area contributed by atoms with Gasteiger partial charge in [0.1, 0.15) is 6.42 Å². The largest absolute Gasteiger partial charge is 0.481 e. The van der Waals surface area contributed by atoms with E-state index in [9.17, 15) is 14.4 Å². The molecule has 14 heavy (non-hydrogen) atoms. The van der Waals surface area contributed by atoms with Crippen molar-refractivity contribution in [3.05, 3.63) is 0 Å². The van der Waals surface area contributed by atoms with Gasteiger partial charge in [0, 0.05) is 4.75 Å². The van der Waals surface area contributed by atoms with Gasteiger partial charge in [-0.3, -0.25) is 14.4 Å². The van der Waals surface area contributed by atoms with Gasteiger partial charge >= 0.3 is 11.9 Å². The van der Waals surface area contributed by atoms with Gasteiger partial charge in [0.05, 0.1) is 6.42 Å². The van der Waals surface area contributed by atoms with Gasteiger partial charge in [-0.1, -0.05) is 11.8 Å². The molecule has 0 aromatic rings. The number of rotatable bonds is 5. The van der Waals surface area contributed by atoms with Crippen LogP contribution in [0.3, 0.4) is 0 Å². The van der Waals surface area contributed by atoms with Crippen molar-refractivity contribution in [3.8, 4) is 0 Å². The van der Waals surface area contributed by atoms with Crippen LogP contribution in [-0.4, -0.2) is 32.0 Å². The molecule has 0 aliphatic carbocycles. The molecule has 0 aliphatic heterocycles. The number of aliphatic carboxylic acids is 2. The maximum Gasteiger partial charge on any atom is 0.311 e. The topological polar surface area (TPSA) is 91.7 Å². The van der Waals surface area contributed by atoms with Crippen molar-refractivity contribution in [2.24, 2.45) is 0 Å². The minimum absolute atomic E-state index is 0.178. The molecule has 2 N–H and O–H groups in total. The van der Waals surface area contributed by atoms with Crippen LogP contribution in [0.5, 0.6) is 0 Å². The number of hydrogen-bond acceptors (Lipinski definition) is 4. The predicted octanol–water partition coefficient (Wildman–Crippen LogP) is 0.974. The van der Waals surface area contributed by atoms with E-state index in [1.807, 2.05) is 0 Å². The second-order valence-corrected chi connectivity index (χ2v) is 5.14. The fourth-order valence-electron chi connectivity index (χ4n) is 0.868. The van der Waals surface area contributed by atoms with Crippen molar-refractivity contribution in [1.82, 2.24) is 0 Å². The Hall–Kier alpha value is -1.04. The first-order valence-electron chi connectivity index (χ1n) is 3.88. The van der Waals surface area contributed by atoms with E-state index in [0.717, 1.165) is 11.8 Å². The third-order valence-electron chi connectivity index (χ3n) is 1.26. The average Bonchev–Trinajstić information content (AvgIpc) is 1.77. The van der Waals surface area contributed by atoms with Gasteiger partial charge in [0.2, 0.25) is 5.12 Å². The Morgan fingerprint density at radius 3 is 2.00 bits per heavy atom. The van der Waals surface area contributed by atoms with Crippen molar-refractivity contribution in [2.45, 2.75) is 31.4 Å². The van der Waals surface area contributed by atoms with E-state index in [4.69, 9.17) is 10.2 Å². The fourth-order valence-corrected chi connectivity index (χ4v) is 1.88. The lowest BCUT2D eigenvalue weighted by Gasteiger charge is -2.19. The van der Waals surface area contributed by atoms with Crippen LogP contribution in [0.2, 0.25) is 0 Å². The van der Waals surface area contributed by atoms with Gasteiger partial charge in [-0.25, -0.2) is 0 Å². The van der Waals surface area contributed by atoms with E-state index < -0.39 is 28.2 Å². The number of carboxylic acids is 2. The monoisotopic (exact) mass is 220 g/mol. The van der Waals surface area contributed by atoms with Crippen molar-refractivity contribution in [1.29, 1.82) is 0 Å². The van der Waals surface area contributed by atoms with Crippen molar-refractivity contribution < 1.29 is 24.6 Å². The molecule has 0 aromatic heterocycles. The first-order valence-corrected chi connectivity index (χ1v) is 4.70. The zero-order valence-electron chi connectivity index (χ0n) is 7.94. The zero-order valence-corrected chi connectivity index (χ0v) is 8.76. The van der Waals surface area contributed by atoms with E-state index in [1.165, 1.54) is 0 Å². The van der Waals surface area contributed by atoms with Gasteiger partial charge < -0.3 is 10.2 Å². The second-order valence-electron chi connectivity index (χ2n) is 3.37. The summed E-state index contributed by atoms with van der Waals surface area (Å²) in [6.07, 6.45) is -0.753. The number of hydrogen-bond donors (Lipinski definition) is 2. The molecule has 0 fully saturated rings. The Morgan fingerprint density at radius 2 is 1.64 bits per heavy atom. The number of carbonyl (C=O) groups excluding carboxylic acids is 1. The fraction of sp³-hybridized carbons (Fsp3) is 0.625. The quantitative estimate of drug-likeness (QED) is 0.671. The van der Waals surface area contributed by atoms with Gasteiger partial charge in [0.25, 0.3) is 0 Å². The molecule has 0 saturated carbocycles. The zero-order chi connectivity index (χ0) is 11.4. The van der Waals surface area contributed by atoms with E-state index in [-0.39, 0.29) is 6.42 Å². The van der Waals surface area contributed by atoms with Crippen LogP contribution in [0.15, 0.2) is 0 Å². The predicted molar refractivity (Wildman–Crippen MR) is 51.2 cm³/mol. The Labute approximate surface area is 85.5 Å². The number of carbonyl (C=O) groups is 3. The summed E-state index contributed by atoms with van der Waals surface area (Å²) in [5.41, 5.74) is 0. The maximum atomic E-state index is 11.0. The van der Waals surface area contributed by atoms with Gasteiger partial charge in [-0.15, -0.1) is 0 Å². The van der Waals surface area contributed by atoms with E-state index in [1.54, 1.807) is 13.8 Å². The molecule has 0 rings (SSSR count). The maximum absolute atomic E-state index is 11.0. The minimum Gasteiger partial charge on any atom is -0.481 e. The highest BCUT2D eigenvalue weighted by molar-refractivity contribution is 8.14. The van der Waals surface area contributed by atoms with E-state index in [0.29, 0.717) is 0 Å². The first-order chi connectivity index (χ1) is 6.23. The van der Waals surface area contributed by atoms with Crippen molar-refractivity contribution in [3.63, 3.8) is 0 Å². The third kappa shape index (κ3) is 6.47. The molecule has 0 bridgehead atoms. The molecule has 0 radical (unpaired) electrons. The van der Waals surface area contributed by atoms with Crippen LogP contribution >= 0.6 is 11.8 Å². The summed E-state index contributed by atoms with van der Waals surface area (Å²) in [4.78, 5) is 31.6. The normalized spacial score (nSPS) is 11.0. The SMILES string of the molecule is CC(C)(CC(=O)O)SC(=O)CC(=O)O. The standard InChI is InChI=1S/C8H12O5S/c1-8(2,4-6(11)12)14-7(13)3-5(9)10/h3-4H2,1-2H3,(H,9,10)(H,11,12). The summed E-state index contributed by atoms with van der Waals surface area (Å²) in [5.74, 6) is -2.21. The highest BCUT2D eigenvalue weighted by Gasteiger charge is 2.26. The highest BCUT2D eigenvalue weighted by atomic mass is 32.2. The Morgan fingerprint density at radius 1 is 1.14 bits per heavy atom.